The SMILES string of the molecule is O=C1CC(=O)N(c2ccc(NS(=O)(=O)Cc3ccccc3Cl)cc2)c2ccc3c(c2N1)CCCC3. The van der Waals surface area contributed by atoms with Crippen molar-refractivity contribution in [1.82, 2.24) is 0 Å². The molecule has 5 rings (SSSR count). The lowest BCUT2D eigenvalue weighted by Crippen LogP contribution is -2.26. The van der Waals surface area contributed by atoms with E-state index >= 15 is 0 Å². The number of aryl methyl sites for hydroxylation is 1. The molecular weight excluding hydrogens is 486 g/mol. The normalized spacial score (nSPS) is 15.6. The van der Waals surface area contributed by atoms with Crippen LogP contribution in [0.5, 0.6) is 0 Å². The summed E-state index contributed by atoms with van der Waals surface area (Å²) in [5.41, 5.74) is 5.04. The average molecular weight is 510 g/mol. The van der Waals surface area contributed by atoms with Crippen LogP contribution in [0.1, 0.15) is 36.0 Å². The summed E-state index contributed by atoms with van der Waals surface area (Å²) in [5, 5.41) is 3.33. The zero-order chi connectivity index (χ0) is 24.6. The van der Waals surface area contributed by atoms with Crippen molar-refractivity contribution in [2.45, 2.75) is 37.9 Å². The molecule has 1 heterocycles. The van der Waals surface area contributed by atoms with Gasteiger partial charge in [0.1, 0.15) is 6.42 Å². The van der Waals surface area contributed by atoms with Crippen molar-refractivity contribution in [3.8, 4) is 0 Å². The minimum atomic E-state index is -3.70. The Morgan fingerprint density at radius 2 is 1.69 bits per heavy atom. The molecule has 0 unspecified atom stereocenters. The van der Waals surface area contributed by atoms with Crippen LogP contribution in [0.25, 0.3) is 0 Å². The van der Waals surface area contributed by atoms with E-state index in [2.05, 4.69) is 10.0 Å². The first-order valence-corrected chi connectivity index (χ1v) is 13.5. The van der Waals surface area contributed by atoms with Gasteiger partial charge in [0.05, 0.1) is 17.1 Å². The lowest BCUT2D eigenvalue weighted by Gasteiger charge is -2.26. The van der Waals surface area contributed by atoms with Gasteiger partial charge >= 0.3 is 0 Å². The molecule has 1 aliphatic heterocycles. The lowest BCUT2D eigenvalue weighted by molar-refractivity contribution is -0.124. The molecule has 2 amide bonds. The summed E-state index contributed by atoms with van der Waals surface area (Å²) in [4.78, 5) is 27.0. The van der Waals surface area contributed by atoms with Gasteiger partial charge in [0.25, 0.3) is 0 Å². The first kappa shape index (κ1) is 23.4. The largest absolute Gasteiger partial charge is 0.324 e. The maximum atomic E-state index is 13.0. The van der Waals surface area contributed by atoms with E-state index in [1.807, 2.05) is 12.1 Å². The topological polar surface area (TPSA) is 95.6 Å². The number of hydrogen-bond acceptors (Lipinski definition) is 4. The molecule has 0 radical (unpaired) electrons. The second kappa shape index (κ2) is 9.36. The number of nitrogens with zero attached hydrogens (tertiary/aromatic N) is 1. The molecule has 35 heavy (non-hydrogen) atoms. The molecule has 2 aliphatic rings. The number of nitrogens with one attached hydrogen (secondary N) is 2. The van der Waals surface area contributed by atoms with E-state index in [0.717, 1.165) is 31.2 Å². The van der Waals surface area contributed by atoms with Crippen LogP contribution in [0.15, 0.2) is 60.7 Å². The zero-order valence-corrected chi connectivity index (χ0v) is 20.5. The maximum absolute atomic E-state index is 13.0. The number of benzene rings is 3. The molecule has 3 aromatic rings. The van der Waals surface area contributed by atoms with Gasteiger partial charge < -0.3 is 5.32 Å². The van der Waals surface area contributed by atoms with E-state index in [9.17, 15) is 18.0 Å². The van der Waals surface area contributed by atoms with Crippen molar-refractivity contribution in [3.63, 3.8) is 0 Å². The maximum Gasteiger partial charge on any atom is 0.241 e. The molecule has 180 valence electrons. The quantitative estimate of drug-likeness (QED) is 0.464. The molecule has 0 saturated heterocycles. The van der Waals surface area contributed by atoms with Crippen LogP contribution in [0, 0.1) is 0 Å². The Labute approximate surface area is 209 Å². The van der Waals surface area contributed by atoms with Gasteiger partial charge in [0.2, 0.25) is 21.8 Å². The zero-order valence-electron chi connectivity index (χ0n) is 18.9. The van der Waals surface area contributed by atoms with E-state index in [1.165, 1.54) is 10.5 Å². The van der Waals surface area contributed by atoms with Gasteiger partial charge in [-0.1, -0.05) is 35.9 Å². The number of carbonyl (C=O) groups is 2. The molecule has 2 N–H and O–H groups in total. The smallest absolute Gasteiger partial charge is 0.241 e. The molecule has 0 fully saturated rings. The fourth-order valence-corrected chi connectivity index (χ4v) is 6.18. The monoisotopic (exact) mass is 509 g/mol. The Bertz CT molecular complexity index is 1420. The fourth-order valence-electron chi connectivity index (χ4n) is 4.67. The molecule has 3 aromatic carbocycles. The Morgan fingerprint density at radius 3 is 2.46 bits per heavy atom. The van der Waals surface area contributed by atoms with E-state index in [4.69, 9.17) is 11.6 Å². The van der Waals surface area contributed by atoms with Gasteiger partial charge in [-0.25, -0.2) is 8.42 Å². The summed E-state index contributed by atoms with van der Waals surface area (Å²) >= 11 is 6.10. The van der Waals surface area contributed by atoms with Crippen LogP contribution in [0.4, 0.5) is 22.7 Å². The molecule has 0 saturated carbocycles. The summed E-state index contributed by atoms with van der Waals surface area (Å²) in [5.74, 6) is -0.934. The highest BCUT2D eigenvalue weighted by molar-refractivity contribution is 7.91. The van der Waals surface area contributed by atoms with Crippen molar-refractivity contribution < 1.29 is 18.0 Å². The number of hydrogen-bond donors (Lipinski definition) is 2. The third-order valence-corrected chi connectivity index (χ3v) is 7.89. The highest BCUT2D eigenvalue weighted by Gasteiger charge is 2.30. The Morgan fingerprint density at radius 1 is 0.943 bits per heavy atom. The number of rotatable bonds is 5. The van der Waals surface area contributed by atoms with E-state index < -0.39 is 10.0 Å². The van der Waals surface area contributed by atoms with E-state index in [0.29, 0.717) is 33.3 Å². The summed E-state index contributed by atoms with van der Waals surface area (Å²) in [6.07, 6.45) is 3.69. The Hall–Kier alpha value is -3.36. The number of carbonyl (C=O) groups excluding carboxylic acids is 2. The summed E-state index contributed by atoms with van der Waals surface area (Å²) < 4.78 is 27.9. The van der Waals surface area contributed by atoms with Crippen molar-refractivity contribution in [1.29, 1.82) is 0 Å². The first-order chi connectivity index (χ1) is 16.8. The van der Waals surface area contributed by atoms with Gasteiger partial charge in [0.15, 0.2) is 0 Å². The molecule has 7 nitrogen and oxygen atoms in total. The summed E-state index contributed by atoms with van der Waals surface area (Å²) in [7, 11) is -3.70. The molecule has 1 aliphatic carbocycles. The van der Waals surface area contributed by atoms with Crippen LogP contribution in [0.2, 0.25) is 5.02 Å². The number of sulfonamides is 1. The molecular formula is C26H24ClN3O4S. The highest BCUT2D eigenvalue weighted by atomic mass is 35.5. The Balaban J connectivity index is 1.43. The fraction of sp³-hybridized carbons (Fsp3) is 0.231. The van der Waals surface area contributed by atoms with Crippen molar-refractivity contribution >= 4 is 56.2 Å². The molecule has 9 heteroatoms. The number of halogens is 1. The van der Waals surface area contributed by atoms with Gasteiger partial charge in [-0.15, -0.1) is 0 Å². The second-order valence-electron chi connectivity index (χ2n) is 8.76. The van der Waals surface area contributed by atoms with Crippen LogP contribution in [0.3, 0.4) is 0 Å². The third-order valence-electron chi connectivity index (χ3n) is 6.28. The minimum absolute atomic E-state index is 0.259. The van der Waals surface area contributed by atoms with Crippen molar-refractivity contribution in [2.75, 3.05) is 14.9 Å². The Kier molecular flexibility index (Phi) is 6.25. The average Bonchev–Trinajstić information content (AvgIpc) is 2.95. The van der Waals surface area contributed by atoms with Gasteiger partial charge in [-0.05, 0) is 78.8 Å². The number of fused-ring (bicyclic) bond motifs is 3. The predicted molar refractivity (Wildman–Crippen MR) is 138 cm³/mol. The summed E-state index contributed by atoms with van der Waals surface area (Å²) in [6.45, 7) is 0. The van der Waals surface area contributed by atoms with Crippen LogP contribution < -0.4 is 14.9 Å². The van der Waals surface area contributed by atoms with Crippen LogP contribution in [-0.2, 0) is 38.2 Å². The molecule has 0 spiro atoms. The van der Waals surface area contributed by atoms with Crippen molar-refractivity contribution in [3.05, 3.63) is 82.4 Å². The van der Waals surface area contributed by atoms with Gasteiger partial charge in [-0.2, -0.15) is 0 Å². The summed E-state index contributed by atoms with van der Waals surface area (Å²) in [6, 6.07) is 17.2. The van der Waals surface area contributed by atoms with Crippen molar-refractivity contribution in [2.24, 2.45) is 0 Å². The number of anilines is 4. The first-order valence-electron chi connectivity index (χ1n) is 11.4. The second-order valence-corrected chi connectivity index (χ2v) is 10.9. The molecule has 0 atom stereocenters. The van der Waals surface area contributed by atoms with Gasteiger partial charge in [-0.3, -0.25) is 19.2 Å². The van der Waals surface area contributed by atoms with Gasteiger partial charge in [0, 0.05) is 16.4 Å². The predicted octanol–water partition coefficient (Wildman–Crippen LogP) is 5.17. The lowest BCUT2D eigenvalue weighted by atomic mass is 9.89. The molecule has 0 bridgehead atoms. The molecule has 0 aromatic heterocycles. The third kappa shape index (κ3) is 4.90. The standard InChI is InChI=1S/C26H24ClN3O4S/c27-22-8-4-2-6-18(22)16-35(33,34)29-19-10-12-20(13-11-19)30-23-14-9-17-5-1-3-7-21(17)26(23)28-24(31)15-25(30)32/h2,4,6,8-14,29H,1,3,5,7,15-16H2,(H,28,31). The number of amides is 2. The van der Waals surface area contributed by atoms with Crippen LogP contribution in [-0.4, -0.2) is 20.2 Å². The highest BCUT2D eigenvalue weighted by Crippen LogP contribution is 2.41. The van der Waals surface area contributed by atoms with Crippen LogP contribution >= 0.6 is 11.6 Å². The van der Waals surface area contributed by atoms with E-state index in [1.54, 1.807) is 48.5 Å². The minimum Gasteiger partial charge on any atom is -0.324 e. The van der Waals surface area contributed by atoms with E-state index in [-0.39, 0.29) is 24.0 Å².